The molecule has 0 spiro atoms. The summed E-state index contributed by atoms with van der Waals surface area (Å²) >= 11 is 0. The SMILES string of the molecule is CCN(CC1CCC1)CC1NCC2CCCC21. The first-order valence-electron chi connectivity index (χ1n) is 7.82. The van der Waals surface area contributed by atoms with Crippen LogP contribution >= 0.6 is 0 Å². The summed E-state index contributed by atoms with van der Waals surface area (Å²) in [6.45, 7) is 7.56. The van der Waals surface area contributed by atoms with Crippen LogP contribution < -0.4 is 5.32 Å². The molecule has 1 aliphatic heterocycles. The number of hydrogen-bond donors (Lipinski definition) is 1. The molecule has 17 heavy (non-hydrogen) atoms. The molecule has 0 bridgehead atoms. The van der Waals surface area contributed by atoms with Gasteiger partial charge in [-0.1, -0.05) is 19.8 Å². The van der Waals surface area contributed by atoms with E-state index in [0.29, 0.717) is 0 Å². The second-order valence-corrected chi connectivity index (χ2v) is 6.52. The third-order valence-electron chi connectivity index (χ3n) is 5.52. The van der Waals surface area contributed by atoms with Crippen LogP contribution in [0.25, 0.3) is 0 Å². The van der Waals surface area contributed by atoms with E-state index in [1.165, 1.54) is 64.7 Å². The Hall–Kier alpha value is -0.0800. The monoisotopic (exact) mass is 236 g/mol. The highest BCUT2D eigenvalue weighted by molar-refractivity contribution is 4.95. The van der Waals surface area contributed by atoms with E-state index in [1.807, 2.05) is 0 Å². The van der Waals surface area contributed by atoms with Crippen LogP contribution in [0.5, 0.6) is 0 Å². The van der Waals surface area contributed by atoms with Crippen molar-refractivity contribution in [3.63, 3.8) is 0 Å². The molecule has 3 unspecified atom stereocenters. The number of nitrogens with zero attached hydrogens (tertiary/aromatic N) is 1. The number of fused-ring (bicyclic) bond motifs is 1. The highest BCUT2D eigenvalue weighted by atomic mass is 15.2. The summed E-state index contributed by atoms with van der Waals surface area (Å²) in [4.78, 5) is 2.71. The first kappa shape index (κ1) is 12.0. The summed E-state index contributed by atoms with van der Waals surface area (Å²) in [7, 11) is 0. The minimum Gasteiger partial charge on any atom is -0.312 e. The molecule has 1 N–H and O–H groups in total. The van der Waals surface area contributed by atoms with Gasteiger partial charge in [0.05, 0.1) is 0 Å². The van der Waals surface area contributed by atoms with Crippen LogP contribution in [0, 0.1) is 17.8 Å². The van der Waals surface area contributed by atoms with Gasteiger partial charge in [-0.3, -0.25) is 0 Å². The van der Waals surface area contributed by atoms with Crippen LogP contribution in [0.1, 0.15) is 45.4 Å². The zero-order valence-electron chi connectivity index (χ0n) is 11.3. The summed E-state index contributed by atoms with van der Waals surface area (Å²) in [5, 5.41) is 3.79. The normalized spacial score (nSPS) is 37.4. The number of likely N-dealkylation sites (N-methyl/N-ethyl adjacent to an activating group) is 1. The van der Waals surface area contributed by atoms with Crippen LogP contribution in [0.3, 0.4) is 0 Å². The Labute approximate surface area is 106 Å². The maximum atomic E-state index is 3.79. The van der Waals surface area contributed by atoms with Crippen molar-refractivity contribution in [3.05, 3.63) is 0 Å². The lowest BCUT2D eigenvalue weighted by Gasteiger charge is -2.34. The molecule has 2 heteroatoms. The Kier molecular flexibility index (Phi) is 3.72. The van der Waals surface area contributed by atoms with E-state index in [2.05, 4.69) is 17.1 Å². The van der Waals surface area contributed by atoms with Crippen molar-refractivity contribution in [2.45, 2.75) is 51.5 Å². The molecule has 0 aromatic rings. The van der Waals surface area contributed by atoms with Crippen molar-refractivity contribution in [1.82, 2.24) is 10.2 Å². The van der Waals surface area contributed by atoms with Gasteiger partial charge >= 0.3 is 0 Å². The van der Waals surface area contributed by atoms with Crippen molar-refractivity contribution in [2.24, 2.45) is 17.8 Å². The molecule has 0 radical (unpaired) electrons. The fraction of sp³-hybridized carbons (Fsp3) is 1.00. The Bertz CT molecular complexity index is 249. The van der Waals surface area contributed by atoms with Crippen LogP contribution in [0.2, 0.25) is 0 Å². The second-order valence-electron chi connectivity index (χ2n) is 6.52. The van der Waals surface area contributed by atoms with Gasteiger partial charge in [0.1, 0.15) is 0 Å². The topological polar surface area (TPSA) is 15.3 Å². The predicted octanol–water partition coefficient (Wildman–Crippen LogP) is 2.50. The van der Waals surface area contributed by atoms with Gasteiger partial charge in [-0.05, 0) is 56.5 Å². The van der Waals surface area contributed by atoms with Crippen LogP contribution in [0.15, 0.2) is 0 Å². The molecule has 1 heterocycles. The van der Waals surface area contributed by atoms with E-state index in [4.69, 9.17) is 0 Å². The molecular formula is C15H28N2. The first-order chi connectivity index (χ1) is 8.36. The zero-order chi connectivity index (χ0) is 11.7. The Morgan fingerprint density at radius 2 is 1.88 bits per heavy atom. The molecule has 98 valence electrons. The summed E-state index contributed by atoms with van der Waals surface area (Å²) < 4.78 is 0. The van der Waals surface area contributed by atoms with Gasteiger partial charge in [0, 0.05) is 19.1 Å². The van der Waals surface area contributed by atoms with Gasteiger partial charge in [0.15, 0.2) is 0 Å². The van der Waals surface area contributed by atoms with E-state index in [9.17, 15) is 0 Å². The molecule has 2 aliphatic carbocycles. The molecule has 2 saturated carbocycles. The smallest absolute Gasteiger partial charge is 0.0226 e. The van der Waals surface area contributed by atoms with Gasteiger partial charge in [-0.15, -0.1) is 0 Å². The number of rotatable bonds is 5. The average Bonchev–Trinajstić information content (AvgIpc) is 2.85. The first-order valence-corrected chi connectivity index (χ1v) is 7.82. The minimum absolute atomic E-state index is 0.808. The third kappa shape index (κ3) is 2.53. The van der Waals surface area contributed by atoms with Crippen LogP contribution in [0.4, 0.5) is 0 Å². The van der Waals surface area contributed by atoms with Crippen molar-refractivity contribution >= 4 is 0 Å². The van der Waals surface area contributed by atoms with E-state index in [0.717, 1.165) is 23.8 Å². The summed E-state index contributed by atoms with van der Waals surface area (Å²) in [5.41, 5.74) is 0. The molecule has 3 aliphatic rings. The van der Waals surface area contributed by atoms with Crippen molar-refractivity contribution in [1.29, 1.82) is 0 Å². The fourth-order valence-corrected chi connectivity index (χ4v) is 4.15. The van der Waals surface area contributed by atoms with Gasteiger partial charge in [0.2, 0.25) is 0 Å². The highest BCUT2D eigenvalue weighted by Crippen LogP contribution is 2.38. The highest BCUT2D eigenvalue weighted by Gasteiger charge is 2.39. The van der Waals surface area contributed by atoms with Gasteiger partial charge in [-0.25, -0.2) is 0 Å². The zero-order valence-corrected chi connectivity index (χ0v) is 11.3. The molecule has 3 rings (SSSR count). The van der Waals surface area contributed by atoms with Gasteiger partial charge < -0.3 is 10.2 Å². The van der Waals surface area contributed by atoms with Gasteiger partial charge in [0.25, 0.3) is 0 Å². The summed E-state index contributed by atoms with van der Waals surface area (Å²) in [6, 6.07) is 0.808. The summed E-state index contributed by atoms with van der Waals surface area (Å²) in [6.07, 6.45) is 8.92. The van der Waals surface area contributed by atoms with E-state index >= 15 is 0 Å². The second kappa shape index (κ2) is 5.27. The molecule has 0 amide bonds. The molecule has 0 aromatic carbocycles. The standard InChI is InChI=1S/C15H28N2/c1-2-17(10-12-5-3-6-12)11-15-14-8-4-7-13(14)9-16-15/h12-16H,2-11H2,1H3. The third-order valence-corrected chi connectivity index (χ3v) is 5.52. The molecule has 3 atom stereocenters. The lowest BCUT2D eigenvalue weighted by Crippen LogP contribution is -2.43. The number of hydrogen-bond acceptors (Lipinski definition) is 2. The largest absolute Gasteiger partial charge is 0.312 e. The van der Waals surface area contributed by atoms with Crippen molar-refractivity contribution in [3.8, 4) is 0 Å². The van der Waals surface area contributed by atoms with E-state index < -0.39 is 0 Å². The molecule has 3 fully saturated rings. The molecule has 1 saturated heterocycles. The Morgan fingerprint density at radius 1 is 1.06 bits per heavy atom. The van der Waals surface area contributed by atoms with E-state index in [-0.39, 0.29) is 0 Å². The molecular weight excluding hydrogens is 208 g/mol. The van der Waals surface area contributed by atoms with E-state index in [1.54, 1.807) is 0 Å². The average molecular weight is 236 g/mol. The van der Waals surface area contributed by atoms with Gasteiger partial charge in [-0.2, -0.15) is 0 Å². The summed E-state index contributed by atoms with van der Waals surface area (Å²) in [5.74, 6) is 3.04. The maximum absolute atomic E-state index is 3.79. The number of nitrogens with one attached hydrogen (secondary N) is 1. The minimum atomic E-state index is 0.808. The van der Waals surface area contributed by atoms with Crippen LogP contribution in [-0.4, -0.2) is 37.1 Å². The lowest BCUT2D eigenvalue weighted by atomic mass is 9.85. The maximum Gasteiger partial charge on any atom is 0.0226 e. The molecule has 2 nitrogen and oxygen atoms in total. The lowest BCUT2D eigenvalue weighted by molar-refractivity contribution is 0.163. The Balaban J connectivity index is 1.50. The van der Waals surface area contributed by atoms with Crippen molar-refractivity contribution in [2.75, 3.05) is 26.2 Å². The molecule has 0 aromatic heterocycles. The predicted molar refractivity (Wildman–Crippen MR) is 72.1 cm³/mol. The fourth-order valence-electron chi connectivity index (χ4n) is 4.15. The Morgan fingerprint density at radius 3 is 2.59 bits per heavy atom. The van der Waals surface area contributed by atoms with Crippen LogP contribution in [-0.2, 0) is 0 Å². The van der Waals surface area contributed by atoms with Crippen molar-refractivity contribution < 1.29 is 0 Å². The quantitative estimate of drug-likeness (QED) is 0.789.